The number of sulfonamides is 3. The lowest BCUT2D eigenvalue weighted by Crippen LogP contribution is -2.18. The number of hydrogen-bond acceptors (Lipinski definition) is 16. The van der Waals surface area contributed by atoms with Crippen molar-refractivity contribution < 1.29 is 58.4 Å². The molecule has 3 aliphatic rings. The zero-order chi connectivity index (χ0) is 47.4. The van der Waals surface area contributed by atoms with Crippen molar-refractivity contribution in [1.29, 1.82) is 0 Å². The molecule has 0 fully saturated rings. The van der Waals surface area contributed by atoms with E-state index in [9.17, 15) is 25.3 Å². The summed E-state index contributed by atoms with van der Waals surface area (Å²) in [5.41, 5.74) is 3.06. The second-order valence-electron chi connectivity index (χ2n) is 13.8. The summed E-state index contributed by atoms with van der Waals surface area (Å²) in [7, 11) is -9.60. The van der Waals surface area contributed by atoms with Crippen LogP contribution in [0.1, 0.15) is 22.3 Å². The molecule has 0 unspecified atom stereocenters. The summed E-state index contributed by atoms with van der Waals surface area (Å²) in [5, 5.41) is 11.8. The van der Waals surface area contributed by atoms with Crippen LogP contribution in [-0.4, -0.2) is 71.4 Å². The predicted octanol–water partition coefficient (Wildman–Crippen LogP) is 6.15. The Balaban J connectivity index is 0.000000149. The van der Waals surface area contributed by atoms with Crippen molar-refractivity contribution in [3.8, 4) is 40.2 Å². The van der Waals surface area contributed by atoms with E-state index in [4.69, 9.17) is 44.8 Å². The summed E-state index contributed by atoms with van der Waals surface area (Å²) < 4.78 is 109. The molecule has 0 saturated heterocycles. The smallest absolute Gasteiger partial charge is 0.276 e. The van der Waals surface area contributed by atoms with E-state index >= 15 is 0 Å². The molecule has 6 aromatic carbocycles. The summed E-state index contributed by atoms with van der Waals surface area (Å²) in [6.45, 7) is 2.44. The van der Waals surface area contributed by atoms with Crippen LogP contribution in [0, 0.1) is 6.92 Å². The highest BCUT2D eigenvalue weighted by molar-refractivity contribution is 7.90. The molecule has 3 N–H and O–H groups in total. The van der Waals surface area contributed by atoms with Gasteiger partial charge in [-0.05, 0) is 139 Å². The minimum atomic E-state index is -3.73. The summed E-state index contributed by atoms with van der Waals surface area (Å²) in [4.78, 5) is 6.82. The number of ether oxygens (including phenoxy) is 7. The lowest BCUT2D eigenvalue weighted by Gasteiger charge is -2.04. The SMILES string of the molecule is COc1ccc(S(=O)(=O)N/N=C/c2ccc3c(c2)OCO3)cc1.Cc1ccc(S(=O)(=O)N/N=C/c2ccc3c(c2)OCO3)cc1.O=S(=O)(N/N=C/c1ccc2c(c1)OCO2)c1ccc(Cl)cc1. The molecule has 0 saturated carbocycles. The van der Waals surface area contributed by atoms with E-state index in [2.05, 4.69) is 29.8 Å². The largest absolute Gasteiger partial charge is 0.497 e. The molecule has 0 bridgehead atoms. The Bertz CT molecular complexity index is 3000. The molecule has 0 amide bonds. The van der Waals surface area contributed by atoms with E-state index in [0.29, 0.717) is 62.0 Å². The quantitative estimate of drug-likeness (QED) is 0.0870. The average Bonchev–Trinajstić information content (AvgIpc) is 4.11. The number of nitrogens with zero attached hydrogens (tertiary/aromatic N) is 3. The molecule has 0 aromatic heterocycles. The van der Waals surface area contributed by atoms with Crippen LogP contribution in [0.3, 0.4) is 0 Å². The van der Waals surface area contributed by atoms with Crippen LogP contribution in [0.15, 0.2) is 157 Å². The van der Waals surface area contributed by atoms with E-state index in [1.807, 2.05) is 6.92 Å². The number of halogens is 1. The standard InChI is InChI=1S/C15H14N2O5S.C15H14N2O4S.C14H11ClN2O4S/c1-20-12-3-5-13(6-4-12)23(18,19)17-16-9-11-2-7-14-15(8-11)22-10-21-14;1-11-2-5-13(6-3-11)22(18,19)17-16-9-12-4-7-14-15(8-12)21-10-20-14;15-11-2-4-12(5-3-11)22(18,19)17-16-8-10-1-6-13-14(7-10)21-9-20-13/h2-9,17H,10H2,1H3;2-9,17H,10H2,1H3;1-8,17H,9H2/b2*16-9+;16-8+. The first kappa shape index (κ1) is 47.4. The Kier molecular flexibility index (Phi) is 15.0. The van der Waals surface area contributed by atoms with Crippen molar-refractivity contribution in [3.63, 3.8) is 0 Å². The molecule has 23 heteroatoms. The third-order valence-electron chi connectivity index (χ3n) is 9.17. The molecular formula is C44H39ClN6O13S3. The number of hydrazone groups is 3. The third-order valence-corrected chi connectivity index (χ3v) is 13.1. The highest BCUT2D eigenvalue weighted by Crippen LogP contribution is 2.34. The van der Waals surface area contributed by atoms with Gasteiger partial charge in [0.2, 0.25) is 20.4 Å². The zero-order valence-corrected chi connectivity index (χ0v) is 38.4. The van der Waals surface area contributed by atoms with Gasteiger partial charge in [-0.3, -0.25) is 0 Å². The van der Waals surface area contributed by atoms with Crippen molar-refractivity contribution in [1.82, 2.24) is 14.5 Å². The second kappa shape index (κ2) is 21.2. The average molecular weight is 991 g/mol. The van der Waals surface area contributed by atoms with Gasteiger partial charge in [0.05, 0.1) is 40.4 Å². The van der Waals surface area contributed by atoms with Gasteiger partial charge in [-0.15, -0.1) is 0 Å². The van der Waals surface area contributed by atoms with E-state index in [1.165, 1.54) is 74.3 Å². The number of aryl methyl sites for hydroxylation is 1. The molecule has 0 aliphatic carbocycles. The van der Waals surface area contributed by atoms with Crippen molar-refractivity contribution >= 4 is 60.3 Å². The summed E-state index contributed by atoms with van der Waals surface area (Å²) in [6, 6.07) is 34.0. The summed E-state index contributed by atoms with van der Waals surface area (Å²) in [6.07, 6.45) is 4.19. The monoisotopic (exact) mass is 990 g/mol. The molecule has 0 radical (unpaired) electrons. The molecular weight excluding hydrogens is 952 g/mol. The Morgan fingerprint density at radius 3 is 1.12 bits per heavy atom. The van der Waals surface area contributed by atoms with Crippen molar-refractivity contribution in [2.24, 2.45) is 15.3 Å². The van der Waals surface area contributed by atoms with E-state index in [0.717, 1.165) is 5.56 Å². The van der Waals surface area contributed by atoms with E-state index in [1.54, 1.807) is 78.9 Å². The number of hydrogen-bond donors (Lipinski definition) is 3. The fourth-order valence-corrected chi connectivity index (χ4v) is 8.24. The van der Waals surface area contributed by atoms with Gasteiger partial charge in [0.1, 0.15) is 5.75 Å². The number of fused-ring (bicyclic) bond motifs is 3. The fraction of sp³-hybridized carbons (Fsp3) is 0.114. The molecule has 6 aromatic rings. The highest BCUT2D eigenvalue weighted by atomic mass is 35.5. The first-order valence-corrected chi connectivity index (χ1v) is 24.3. The van der Waals surface area contributed by atoms with Crippen molar-refractivity contribution in [2.75, 3.05) is 27.5 Å². The van der Waals surface area contributed by atoms with Gasteiger partial charge in [-0.1, -0.05) is 29.3 Å². The molecule has 9 rings (SSSR count). The van der Waals surface area contributed by atoms with Gasteiger partial charge in [0.15, 0.2) is 34.5 Å². The number of methoxy groups -OCH3 is 1. The van der Waals surface area contributed by atoms with Gasteiger partial charge in [-0.2, -0.15) is 40.6 Å². The minimum absolute atomic E-state index is 0.0831. The number of rotatable bonds is 13. The van der Waals surface area contributed by atoms with Gasteiger partial charge in [-0.25, -0.2) is 14.5 Å². The first-order chi connectivity index (χ1) is 32.2. The van der Waals surface area contributed by atoms with Crippen molar-refractivity contribution in [3.05, 3.63) is 155 Å². The molecule has 3 heterocycles. The molecule has 0 atom stereocenters. The predicted molar refractivity (Wildman–Crippen MR) is 247 cm³/mol. The fourth-order valence-electron chi connectivity index (χ4n) is 5.74. The maximum absolute atomic E-state index is 12.1. The highest BCUT2D eigenvalue weighted by Gasteiger charge is 2.17. The Morgan fingerprint density at radius 2 is 0.776 bits per heavy atom. The molecule has 67 heavy (non-hydrogen) atoms. The van der Waals surface area contributed by atoms with Crippen LogP contribution in [-0.2, 0) is 30.1 Å². The Labute approximate surface area is 390 Å². The molecule has 348 valence electrons. The summed E-state index contributed by atoms with van der Waals surface area (Å²) in [5.74, 6) is 4.37. The van der Waals surface area contributed by atoms with Gasteiger partial charge in [0, 0.05) is 5.02 Å². The second-order valence-corrected chi connectivity index (χ2v) is 19.3. The lowest BCUT2D eigenvalue weighted by molar-refractivity contribution is 0.173. The summed E-state index contributed by atoms with van der Waals surface area (Å²) >= 11 is 5.73. The Hall–Kier alpha value is -7.53. The molecule has 19 nitrogen and oxygen atoms in total. The minimum Gasteiger partial charge on any atom is -0.497 e. The van der Waals surface area contributed by atoms with E-state index < -0.39 is 30.1 Å². The van der Waals surface area contributed by atoms with E-state index in [-0.39, 0.29) is 35.1 Å². The topological polar surface area (TPSA) is 240 Å². The zero-order valence-electron chi connectivity index (χ0n) is 35.2. The van der Waals surface area contributed by atoms with Gasteiger partial charge >= 0.3 is 0 Å². The van der Waals surface area contributed by atoms with Crippen molar-refractivity contribution in [2.45, 2.75) is 21.6 Å². The maximum Gasteiger partial charge on any atom is 0.276 e. The van der Waals surface area contributed by atoms with Crippen LogP contribution in [0.25, 0.3) is 0 Å². The number of benzene rings is 6. The van der Waals surface area contributed by atoms with Crippen LogP contribution < -0.4 is 47.7 Å². The first-order valence-electron chi connectivity index (χ1n) is 19.5. The maximum atomic E-state index is 12.1. The van der Waals surface area contributed by atoms with Gasteiger partial charge in [0.25, 0.3) is 30.1 Å². The molecule has 3 aliphatic heterocycles. The normalized spacial score (nSPS) is 13.4. The van der Waals surface area contributed by atoms with Crippen LogP contribution in [0.4, 0.5) is 0 Å². The molecule has 0 spiro atoms. The lowest BCUT2D eigenvalue weighted by atomic mass is 10.2. The van der Waals surface area contributed by atoms with Crippen LogP contribution in [0.2, 0.25) is 5.02 Å². The third kappa shape index (κ3) is 12.8. The van der Waals surface area contributed by atoms with Crippen LogP contribution in [0.5, 0.6) is 40.2 Å². The van der Waals surface area contributed by atoms with Gasteiger partial charge < -0.3 is 33.2 Å². The van der Waals surface area contributed by atoms with Crippen LogP contribution >= 0.6 is 11.6 Å². The number of nitrogens with one attached hydrogen (secondary N) is 3. The Morgan fingerprint density at radius 1 is 0.463 bits per heavy atom.